The first kappa shape index (κ1) is 18.5. The molecule has 0 amide bonds. The highest BCUT2D eigenvalue weighted by Crippen LogP contribution is 2.29. The Morgan fingerprint density at radius 3 is 2.70 bits per heavy atom. The minimum atomic E-state index is 0.125. The summed E-state index contributed by atoms with van der Waals surface area (Å²) in [5.74, 6) is 0.506. The Hall–Kier alpha value is -0.830. The second-order valence-electron chi connectivity index (χ2n) is 5.21. The quantitative estimate of drug-likeness (QED) is 0.519. The van der Waals surface area contributed by atoms with Crippen LogP contribution in [0.5, 0.6) is 0 Å². The van der Waals surface area contributed by atoms with Crippen LogP contribution in [0, 0.1) is 13.8 Å². The minimum absolute atomic E-state index is 0.125. The van der Waals surface area contributed by atoms with Gasteiger partial charge < -0.3 is 9.30 Å². The molecule has 0 aliphatic rings. The Kier molecular flexibility index (Phi) is 6.70. The molecule has 0 saturated carbocycles. The van der Waals surface area contributed by atoms with Crippen LogP contribution in [-0.2, 0) is 4.74 Å². The molecular formula is C15H21N3O2S3. The molecule has 2 rings (SSSR count). The van der Waals surface area contributed by atoms with Gasteiger partial charge in [-0.3, -0.25) is 4.79 Å². The van der Waals surface area contributed by atoms with Gasteiger partial charge in [0.25, 0.3) is 0 Å². The Labute approximate surface area is 149 Å². The van der Waals surface area contributed by atoms with Gasteiger partial charge in [0, 0.05) is 24.1 Å². The summed E-state index contributed by atoms with van der Waals surface area (Å²) in [6.07, 6.45) is 1.97. The van der Waals surface area contributed by atoms with Crippen molar-refractivity contribution in [3.8, 4) is 0 Å². The third kappa shape index (κ3) is 4.37. The van der Waals surface area contributed by atoms with Gasteiger partial charge in [-0.2, -0.15) is 0 Å². The number of hydrogen-bond donors (Lipinski definition) is 0. The second kappa shape index (κ2) is 8.32. The number of rotatable bonds is 8. The zero-order valence-corrected chi connectivity index (χ0v) is 16.4. The van der Waals surface area contributed by atoms with Gasteiger partial charge in [-0.15, -0.1) is 10.2 Å². The zero-order chi connectivity index (χ0) is 17.0. The Morgan fingerprint density at radius 1 is 1.39 bits per heavy atom. The standard InChI is InChI=1S/C15H21N3O2S3/c1-9-6-12(11(3)18(9)10(2)7-20-4)13(19)8-22-15-17-16-14(21-5)23-15/h6,10H,7-8H2,1-5H3. The molecule has 2 aromatic heterocycles. The highest BCUT2D eigenvalue weighted by Gasteiger charge is 2.19. The van der Waals surface area contributed by atoms with Crippen LogP contribution < -0.4 is 0 Å². The van der Waals surface area contributed by atoms with Crippen molar-refractivity contribution >= 4 is 40.6 Å². The number of ketones is 1. The fraction of sp³-hybridized carbons (Fsp3) is 0.533. The molecule has 2 aromatic rings. The number of aromatic nitrogens is 3. The van der Waals surface area contributed by atoms with Crippen molar-refractivity contribution in [3.63, 3.8) is 0 Å². The van der Waals surface area contributed by atoms with Crippen LogP contribution in [0.2, 0.25) is 0 Å². The molecule has 8 heteroatoms. The van der Waals surface area contributed by atoms with Crippen molar-refractivity contribution in [2.45, 2.75) is 35.5 Å². The lowest BCUT2D eigenvalue weighted by Crippen LogP contribution is -2.14. The summed E-state index contributed by atoms with van der Waals surface area (Å²) in [7, 11) is 1.69. The van der Waals surface area contributed by atoms with E-state index in [9.17, 15) is 4.79 Å². The van der Waals surface area contributed by atoms with Crippen LogP contribution in [0.15, 0.2) is 14.7 Å². The van der Waals surface area contributed by atoms with E-state index in [-0.39, 0.29) is 11.8 Å². The maximum absolute atomic E-state index is 12.5. The maximum atomic E-state index is 12.5. The van der Waals surface area contributed by atoms with Gasteiger partial charge in [-0.1, -0.05) is 34.9 Å². The highest BCUT2D eigenvalue weighted by molar-refractivity contribution is 8.03. The molecule has 126 valence electrons. The number of carbonyl (C=O) groups is 1. The van der Waals surface area contributed by atoms with Gasteiger partial charge in [0.15, 0.2) is 14.5 Å². The van der Waals surface area contributed by atoms with Gasteiger partial charge in [0.2, 0.25) is 0 Å². The molecule has 0 aliphatic carbocycles. The molecule has 0 aromatic carbocycles. The van der Waals surface area contributed by atoms with Crippen molar-refractivity contribution in [1.29, 1.82) is 0 Å². The molecule has 0 N–H and O–H groups in total. The number of nitrogens with zero attached hydrogens (tertiary/aromatic N) is 3. The molecule has 0 fully saturated rings. The first-order valence-electron chi connectivity index (χ1n) is 7.18. The van der Waals surface area contributed by atoms with Crippen LogP contribution in [0.25, 0.3) is 0 Å². The lowest BCUT2D eigenvalue weighted by Gasteiger charge is -2.17. The molecule has 0 aliphatic heterocycles. The molecule has 2 heterocycles. The topological polar surface area (TPSA) is 57.0 Å². The van der Waals surface area contributed by atoms with Crippen LogP contribution in [0.1, 0.15) is 34.7 Å². The van der Waals surface area contributed by atoms with Crippen LogP contribution in [0.4, 0.5) is 0 Å². The summed E-state index contributed by atoms with van der Waals surface area (Å²) in [6, 6.07) is 2.18. The van der Waals surface area contributed by atoms with Gasteiger partial charge in [-0.05, 0) is 33.1 Å². The maximum Gasteiger partial charge on any atom is 0.175 e. The number of hydrogen-bond acceptors (Lipinski definition) is 7. The van der Waals surface area contributed by atoms with Crippen molar-refractivity contribution in [1.82, 2.24) is 14.8 Å². The predicted octanol–water partition coefficient (Wildman–Crippen LogP) is 3.86. The zero-order valence-electron chi connectivity index (χ0n) is 14.0. The lowest BCUT2D eigenvalue weighted by molar-refractivity contribution is 0.102. The second-order valence-corrected chi connectivity index (χ2v) is 8.46. The first-order valence-corrected chi connectivity index (χ1v) is 10.2. The average molecular weight is 372 g/mol. The molecule has 0 bridgehead atoms. The smallest absolute Gasteiger partial charge is 0.175 e. The van der Waals surface area contributed by atoms with E-state index in [0.717, 1.165) is 25.6 Å². The number of methoxy groups -OCH3 is 1. The predicted molar refractivity (Wildman–Crippen MR) is 97.2 cm³/mol. The fourth-order valence-corrected chi connectivity index (χ4v) is 4.92. The van der Waals surface area contributed by atoms with Crippen molar-refractivity contribution in [2.24, 2.45) is 0 Å². The van der Waals surface area contributed by atoms with E-state index in [1.54, 1.807) is 18.9 Å². The summed E-state index contributed by atoms with van der Waals surface area (Å²) in [4.78, 5) is 12.5. The summed E-state index contributed by atoms with van der Waals surface area (Å²) in [5.41, 5.74) is 2.87. The minimum Gasteiger partial charge on any atom is -0.383 e. The molecule has 23 heavy (non-hydrogen) atoms. The van der Waals surface area contributed by atoms with Gasteiger partial charge in [0.1, 0.15) is 0 Å². The van der Waals surface area contributed by atoms with E-state index in [1.807, 2.05) is 26.2 Å². The Bertz CT molecular complexity index is 682. The van der Waals surface area contributed by atoms with Crippen molar-refractivity contribution in [2.75, 3.05) is 25.7 Å². The molecule has 1 atom stereocenters. The summed E-state index contributed by atoms with van der Waals surface area (Å²) < 4.78 is 9.16. The van der Waals surface area contributed by atoms with Crippen molar-refractivity contribution in [3.05, 3.63) is 23.0 Å². The largest absolute Gasteiger partial charge is 0.383 e. The Balaban J connectivity index is 2.08. The molecule has 0 radical (unpaired) electrons. The Morgan fingerprint density at radius 2 is 2.09 bits per heavy atom. The van der Waals surface area contributed by atoms with Crippen LogP contribution >= 0.6 is 34.9 Å². The summed E-state index contributed by atoms with van der Waals surface area (Å²) in [6.45, 7) is 6.74. The van der Waals surface area contributed by atoms with E-state index >= 15 is 0 Å². The average Bonchev–Trinajstić information content (AvgIpc) is 3.09. The SMILES string of the molecule is COCC(C)n1c(C)cc(C(=O)CSc2nnc(SC)s2)c1C. The molecule has 5 nitrogen and oxygen atoms in total. The van der Waals surface area contributed by atoms with Gasteiger partial charge in [0.05, 0.1) is 18.4 Å². The third-order valence-electron chi connectivity index (χ3n) is 3.52. The molecule has 0 saturated heterocycles. The van der Waals surface area contributed by atoms with Crippen LogP contribution in [-0.4, -0.2) is 46.3 Å². The number of Topliss-reactive ketones (excluding diaryl/α,β-unsaturated/α-hetero) is 1. The van der Waals surface area contributed by atoms with E-state index in [1.165, 1.54) is 23.1 Å². The van der Waals surface area contributed by atoms with E-state index < -0.39 is 0 Å². The van der Waals surface area contributed by atoms with Crippen molar-refractivity contribution < 1.29 is 9.53 Å². The molecule has 1 unspecified atom stereocenters. The van der Waals surface area contributed by atoms with E-state index in [0.29, 0.717) is 12.4 Å². The summed E-state index contributed by atoms with van der Waals surface area (Å²) >= 11 is 4.54. The molecular weight excluding hydrogens is 350 g/mol. The van der Waals surface area contributed by atoms with Gasteiger partial charge in [-0.25, -0.2) is 0 Å². The van der Waals surface area contributed by atoms with E-state index in [4.69, 9.17) is 4.74 Å². The highest BCUT2D eigenvalue weighted by atomic mass is 32.2. The van der Waals surface area contributed by atoms with Crippen LogP contribution in [0.3, 0.4) is 0 Å². The van der Waals surface area contributed by atoms with Gasteiger partial charge >= 0.3 is 0 Å². The monoisotopic (exact) mass is 371 g/mol. The van der Waals surface area contributed by atoms with E-state index in [2.05, 4.69) is 21.7 Å². The number of aryl methyl sites for hydroxylation is 1. The first-order chi connectivity index (χ1) is 11.0. The third-order valence-corrected chi connectivity index (χ3v) is 6.55. The fourth-order valence-electron chi connectivity index (χ4n) is 2.60. The number of thioether (sulfide) groups is 2. The summed E-state index contributed by atoms with van der Waals surface area (Å²) in [5, 5.41) is 8.13. The lowest BCUT2D eigenvalue weighted by atomic mass is 10.2. The number of carbonyl (C=O) groups excluding carboxylic acids is 1. The normalized spacial score (nSPS) is 12.6. The number of ether oxygens (including phenoxy) is 1. The molecule has 0 spiro atoms.